The van der Waals surface area contributed by atoms with E-state index in [-0.39, 0.29) is 16.6 Å². The summed E-state index contributed by atoms with van der Waals surface area (Å²) in [5.74, 6) is 0.667. The second kappa shape index (κ2) is 3.89. The predicted octanol–water partition coefficient (Wildman–Crippen LogP) is 4.56. The summed E-state index contributed by atoms with van der Waals surface area (Å²) in [5.41, 5.74) is 0.0857. The van der Waals surface area contributed by atoms with E-state index in [1.807, 2.05) is 0 Å². The van der Waals surface area contributed by atoms with Crippen LogP contribution in [-0.4, -0.2) is 27.8 Å². The molecule has 3 aliphatic carbocycles. The molecule has 0 aromatic rings. The van der Waals surface area contributed by atoms with Gasteiger partial charge < -0.3 is 8.85 Å². The SMILES string of the molecule is CC12CCC3CC1(O[Si](C)(C)C)C=CC32O[Si](C)(C)C. The van der Waals surface area contributed by atoms with Gasteiger partial charge in [0.1, 0.15) is 0 Å². The summed E-state index contributed by atoms with van der Waals surface area (Å²) >= 11 is 0. The van der Waals surface area contributed by atoms with Crippen LogP contribution in [0.2, 0.25) is 39.3 Å². The van der Waals surface area contributed by atoms with Gasteiger partial charge in [0.15, 0.2) is 16.6 Å². The summed E-state index contributed by atoms with van der Waals surface area (Å²) in [5, 5.41) is 0. The van der Waals surface area contributed by atoms with E-state index < -0.39 is 16.6 Å². The fraction of sp³-hybridized carbons (Fsp3) is 0.875. The zero-order valence-corrected chi connectivity index (χ0v) is 16.2. The molecule has 0 spiro atoms. The molecule has 20 heavy (non-hydrogen) atoms. The molecule has 0 N–H and O–H groups in total. The van der Waals surface area contributed by atoms with Crippen LogP contribution in [0, 0.1) is 11.3 Å². The summed E-state index contributed by atoms with van der Waals surface area (Å²) in [6.45, 7) is 16.3. The minimum Gasteiger partial charge on any atom is -0.408 e. The Morgan fingerprint density at radius 3 is 2.10 bits per heavy atom. The van der Waals surface area contributed by atoms with Gasteiger partial charge in [0, 0.05) is 5.41 Å². The molecule has 0 heterocycles. The molecule has 0 aromatic heterocycles. The van der Waals surface area contributed by atoms with Crippen LogP contribution in [0.1, 0.15) is 26.2 Å². The lowest BCUT2D eigenvalue weighted by Crippen LogP contribution is -2.54. The van der Waals surface area contributed by atoms with E-state index in [4.69, 9.17) is 8.85 Å². The molecule has 2 saturated carbocycles. The van der Waals surface area contributed by atoms with Crippen LogP contribution in [0.3, 0.4) is 0 Å². The molecule has 4 unspecified atom stereocenters. The van der Waals surface area contributed by atoms with Gasteiger partial charge in [0.25, 0.3) is 0 Å². The third kappa shape index (κ3) is 1.81. The highest BCUT2D eigenvalue weighted by atomic mass is 28.4. The average Bonchev–Trinajstić information content (AvgIpc) is 2.66. The first-order valence-corrected chi connectivity index (χ1v) is 14.9. The lowest BCUT2D eigenvalue weighted by atomic mass is 9.73. The first-order valence-electron chi connectivity index (χ1n) is 8.04. The normalized spacial score (nSPS) is 46.5. The molecule has 0 aromatic carbocycles. The molecule has 3 rings (SSSR count). The van der Waals surface area contributed by atoms with E-state index in [2.05, 4.69) is 58.4 Å². The summed E-state index contributed by atoms with van der Waals surface area (Å²) in [4.78, 5) is 0. The van der Waals surface area contributed by atoms with E-state index in [0.29, 0.717) is 5.92 Å². The van der Waals surface area contributed by atoms with Gasteiger partial charge in [0.2, 0.25) is 0 Å². The van der Waals surface area contributed by atoms with Crippen molar-refractivity contribution in [1.29, 1.82) is 0 Å². The molecule has 0 aliphatic heterocycles. The third-order valence-corrected chi connectivity index (χ3v) is 7.44. The van der Waals surface area contributed by atoms with Crippen molar-refractivity contribution in [2.45, 2.75) is 76.7 Å². The Morgan fingerprint density at radius 1 is 0.950 bits per heavy atom. The molecule has 0 radical (unpaired) electrons. The van der Waals surface area contributed by atoms with E-state index in [9.17, 15) is 0 Å². The van der Waals surface area contributed by atoms with Gasteiger partial charge in [-0.15, -0.1) is 0 Å². The predicted molar refractivity (Wildman–Crippen MR) is 88.9 cm³/mol. The molecule has 0 amide bonds. The van der Waals surface area contributed by atoms with Crippen LogP contribution in [0.5, 0.6) is 0 Å². The lowest BCUT2D eigenvalue weighted by Gasteiger charge is -2.47. The van der Waals surface area contributed by atoms with E-state index in [1.54, 1.807) is 0 Å². The van der Waals surface area contributed by atoms with Crippen molar-refractivity contribution in [3.05, 3.63) is 12.2 Å². The first-order chi connectivity index (χ1) is 8.93. The van der Waals surface area contributed by atoms with Crippen molar-refractivity contribution in [3.8, 4) is 0 Å². The average molecular weight is 311 g/mol. The third-order valence-electron chi connectivity index (χ3n) is 5.51. The molecule has 114 valence electrons. The molecule has 4 heteroatoms. The van der Waals surface area contributed by atoms with E-state index in [1.165, 1.54) is 19.3 Å². The topological polar surface area (TPSA) is 18.5 Å². The zero-order chi connectivity index (χ0) is 15.0. The van der Waals surface area contributed by atoms with Crippen molar-refractivity contribution < 1.29 is 8.85 Å². The minimum absolute atomic E-state index is 0.0306. The maximum Gasteiger partial charge on any atom is 0.184 e. The Bertz CT molecular complexity index is 462. The second-order valence-electron chi connectivity index (χ2n) is 9.22. The van der Waals surface area contributed by atoms with Crippen LogP contribution in [0.25, 0.3) is 0 Å². The lowest BCUT2D eigenvalue weighted by molar-refractivity contribution is -0.0510. The van der Waals surface area contributed by atoms with Crippen LogP contribution >= 0.6 is 0 Å². The maximum atomic E-state index is 6.79. The summed E-state index contributed by atoms with van der Waals surface area (Å²) in [7, 11) is -3.13. The Kier molecular flexibility index (Phi) is 2.92. The fourth-order valence-corrected chi connectivity index (χ4v) is 7.95. The highest BCUT2D eigenvalue weighted by Gasteiger charge is 2.76. The largest absolute Gasteiger partial charge is 0.408 e. The fourth-order valence-electron chi connectivity index (χ4n) is 5.01. The van der Waals surface area contributed by atoms with Crippen molar-refractivity contribution in [2.24, 2.45) is 11.3 Å². The van der Waals surface area contributed by atoms with E-state index >= 15 is 0 Å². The smallest absolute Gasteiger partial charge is 0.184 e. The summed E-state index contributed by atoms with van der Waals surface area (Å²) in [6, 6.07) is 0. The van der Waals surface area contributed by atoms with Gasteiger partial charge in [0.05, 0.1) is 11.2 Å². The van der Waals surface area contributed by atoms with Gasteiger partial charge in [-0.2, -0.15) is 0 Å². The van der Waals surface area contributed by atoms with Crippen LogP contribution < -0.4 is 0 Å². The molecule has 4 atom stereocenters. The summed E-state index contributed by atoms with van der Waals surface area (Å²) < 4.78 is 13.5. The number of hydrogen-bond acceptors (Lipinski definition) is 2. The van der Waals surface area contributed by atoms with Gasteiger partial charge in [-0.3, -0.25) is 0 Å². The standard InChI is InChI=1S/C16H30O2Si2/c1-14-9-8-13-12-15(14,17-19(2,3)4)10-11-16(13,14)18-20(5,6)7/h10-11,13H,8-9,12H2,1-7H3. The molecular formula is C16H30O2Si2. The Morgan fingerprint density at radius 2 is 1.55 bits per heavy atom. The highest BCUT2D eigenvalue weighted by Crippen LogP contribution is 2.73. The monoisotopic (exact) mass is 310 g/mol. The zero-order valence-electron chi connectivity index (χ0n) is 14.2. The van der Waals surface area contributed by atoms with Crippen molar-refractivity contribution in [3.63, 3.8) is 0 Å². The van der Waals surface area contributed by atoms with Gasteiger partial charge in [-0.25, -0.2) is 0 Å². The Labute approximate surface area is 126 Å². The van der Waals surface area contributed by atoms with Crippen molar-refractivity contribution in [2.75, 3.05) is 0 Å². The van der Waals surface area contributed by atoms with Gasteiger partial charge in [-0.05, 0) is 64.5 Å². The van der Waals surface area contributed by atoms with Crippen LogP contribution in [0.15, 0.2) is 12.2 Å². The van der Waals surface area contributed by atoms with Crippen LogP contribution in [-0.2, 0) is 8.85 Å². The van der Waals surface area contributed by atoms with Crippen molar-refractivity contribution >= 4 is 16.6 Å². The quantitative estimate of drug-likeness (QED) is 0.560. The van der Waals surface area contributed by atoms with Gasteiger partial charge in [-0.1, -0.05) is 19.1 Å². The maximum absolute atomic E-state index is 6.79. The minimum atomic E-state index is -1.57. The molecule has 4 bridgehead atoms. The van der Waals surface area contributed by atoms with E-state index in [0.717, 1.165) is 0 Å². The molecule has 2 nitrogen and oxygen atoms in total. The molecular weight excluding hydrogens is 280 g/mol. The Hall–Kier alpha value is 0.0938. The molecule has 2 fully saturated rings. The molecule has 3 aliphatic rings. The first kappa shape index (κ1) is 15.0. The highest BCUT2D eigenvalue weighted by molar-refractivity contribution is 6.70. The summed E-state index contributed by atoms with van der Waals surface area (Å²) in [6.07, 6.45) is 8.50. The second-order valence-corrected chi connectivity index (χ2v) is 18.1. The number of rotatable bonds is 4. The van der Waals surface area contributed by atoms with Crippen LogP contribution in [0.4, 0.5) is 0 Å². The van der Waals surface area contributed by atoms with Gasteiger partial charge >= 0.3 is 0 Å². The molecule has 0 saturated heterocycles. The number of hydrogen-bond donors (Lipinski definition) is 0. The Balaban J connectivity index is 2.00. The van der Waals surface area contributed by atoms with Crippen molar-refractivity contribution in [1.82, 2.24) is 0 Å².